The smallest absolute Gasteiger partial charge is 0.251 e. The largest absolute Gasteiger partial charge is 0.474 e. The van der Waals surface area contributed by atoms with Crippen molar-refractivity contribution < 1.29 is 14.3 Å². The lowest BCUT2D eigenvalue weighted by molar-refractivity contribution is 0.0237. The fourth-order valence-electron chi connectivity index (χ4n) is 2.50. The van der Waals surface area contributed by atoms with Crippen LogP contribution in [0.25, 0.3) is 0 Å². The average molecular weight is 347 g/mol. The van der Waals surface area contributed by atoms with Crippen molar-refractivity contribution in [3.63, 3.8) is 0 Å². The number of carbonyl (C=O) groups excluding carboxylic acids is 1. The quantitative estimate of drug-likeness (QED) is 0.903. The van der Waals surface area contributed by atoms with E-state index in [0.717, 1.165) is 31.6 Å². The highest BCUT2D eigenvalue weighted by atomic mass is 35.5. The van der Waals surface area contributed by atoms with Crippen LogP contribution >= 0.6 is 11.6 Å². The first-order chi connectivity index (χ1) is 11.7. The first-order valence-electron chi connectivity index (χ1n) is 7.94. The molecule has 0 bridgehead atoms. The van der Waals surface area contributed by atoms with Crippen LogP contribution in [0.3, 0.4) is 0 Å². The Kier molecular flexibility index (Phi) is 5.67. The molecule has 2 heterocycles. The van der Waals surface area contributed by atoms with Crippen molar-refractivity contribution in [1.29, 1.82) is 0 Å². The van der Waals surface area contributed by atoms with Gasteiger partial charge in [0.1, 0.15) is 6.10 Å². The molecular weight excluding hydrogens is 328 g/mol. The Morgan fingerprint density at radius 1 is 1.29 bits per heavy atom. The molecule has 1 aliphatic rings. The van der Waals surface area contributed by atoms with Crippen LogP contribution < -0.4 is 10.1 Å². The topological polar surface area (TPSA) is 60.5 Å². The van der Waals surface area contributed by atoms with Crippen molar-refractivity contribution >= 4 is 17.5 Å². The minimum Gasteiger partial charge on any atom is -0.474 e. The van der Waals surface area contributed by atoms with Crippen LogP contribution in [0.2, 0.25) is 5.02 Å². The maximum Gasteiger partial charge on any atom is 0.251 e. The second-order valence-corrected chi connectivity index (χ2v) is 6.06. The van der Waals surface area contributed by atoms with Crippen molar-refractivity contribution in [2.45, 2.75) is 25.5 Å². The van der Waals surface area contributed by atoms with Gasteiger partial charge in [-0.05, 0) is 29.8 Å². The van der Waals surface area contributed by atoms with Gasteiger partial charge >= 0.3 is 0 Å². The van der Waals surface area contributed by atoms with E-state index in [9.17, 15) is 4.79 Å². The molecule has 0 saturated carbocycles. The first-order valence-corrected chi connectivity index (χ1v) is 8.31. The number of rotatable bonds is 5. The molecule has 1 saturated heterocycles. The minimum atomic E-state index is -0.166. The molecule has 0 atom stereocenters. The Morgan fingerprint density at radius 3 is 2.92 bits per heavy atom. The fraction of sp³-hybridized carbons (Fsp3) is 0.333. The molecule has 0 unspecified atom stereocenters. The van der Waals surface area contributed by atoms with Crippen molar-refractivity contribution in [3.8, 4) is 5.88 Å². The molecule has 1 N–H and O–H groups in total. The molecule has 3 rings (SSSR count). The summed E-state index contributed by atoms with van der Waals surface area (Å²) in [7, 11) is 0. The Morgan fingerprint density at radius 2 is 2.12 bits per heavy atom. The summed E-state index contributed by atoms with van der Waals surface area (Å²) in [5, 5.41) is 3.41. The van der Waals surface area contributed by atoms with Crippen molar-refractivity contribution in [2.24, 2.45) is 0 Å². The van der Waals surface area contributed by atoms with Gasteiger partial charge in [0.25, 0.3) is 5.91 Å². The Hall–Kier alpha value is -2.11. The molecule has 0 spiro atoms. The molecule has 6 heteroatoms. The molecule has 0 radical (unpaired) electrons. The summed E-state index contributed by atoms with van der Waals surface area (Å²) in [5.41, 5.74) is 1.47. The maximum absolute atomic E-state index is 12.1. The number of amides is 1. The summed E-state index contributed by atoms with van der Waals surface area (Å²) in [6.45, 7) is 1.85. The molecule has 1 fully saturated rings. The minimum absolute atomic E-state index is 0.141. The third kappa shape index (κ3) is 4.69. The second-order valence-electron chi connectivity index (χ2n) is 5.62. The van der Waals surface area contributed by atoms with Crippen LogP contribution in [0.5, 0.6) is 5.88 Å². The summed E-state index contributed by atoms with van der Waals surface area (Å²) in [6, 6.07) is 10.6. The third-order valence-corrected chi connectivity index (χ3v) is 4.03. The van der Waals surface area contributed by atoms with Gasteiger partial charge in [0.2, 0.25) is 5.88 Å². The summed E-state index contributed by atoms with van der Waals surface area (Å²) in [4.78, 5) is 16.4. The van der Waals surface area contributed by atoms with Crippen molar-refractivity contribution in [2.75, 3.05) is 13.2 Å². The number of carbonyl (C=O) groups is 1. The molecule has 1 aliphatic heterocycles. The third-order valence-electron chi connectivity index (χ3n) is 3.79. The molecule has 1 amide bonds. The molecule has 0 aliphatic carbocycles. The number of ether oxygens (including phenoxy) is 2. The monoisotopic (exact) mass is 346 g/mol. The lowest BCUT2D eigenvalue weighted by Crippen LogP contribution is -2.26. The number of pyridine rings is 1. The predicted octanol–water partition coefficient (Wildman–Crippen LogP) is 3.22. The number of benzene rings is 1. The zero-order valence-corrected chi connectivity index (χ0v) is 14.0. The fourth-order valence-corrected chi connectivity index (χ4v) is 2.69. The highest BCUT2D eigenvalue weighted by molar-refractivity contribution is 6.30. The summed E-state index contributed by atoms with van der Waals surface area (Å²) in [6.07, 6.45) is 3.58. The van der Waals surface area contributed by atoms with Gasteiger partial charge in [-0.15, -0.1) is 0 Å². The van der Waals surface area contributed by atoms with Crippen molar-refractivity contribution in [3.05, 3.63) is 58.7 Å². The van der Waals surface area contributed by atoms with Gasteiger partial charge in [0, 0.05) is 42.2 Å². The number of hydrogen-bond donors (Lipinski definition) is 1. The van der Waals surface area contributed by atoms with Gasteiger partial charge < -0.3 is 14.8 Å². The SMILES string of the molecule is O=C(NCc1ccnc(OC2CCOCC2)c1)c1cccc(Cl)c1. The molecule has 1 aromatic carbocycles. The van der Waals surface area contributed by atoms with E-state index >= 15 is 0 Å². The average Bonchev–Trinajstić information content (AvgIpc) is 2.61. The first kappa shape index (κ1) is 16.7. The van der Waals surface area contributed by atoms with Gasteiger partial charge in [-0.2, -0.15) is 0 Å². The molecule has 5 nitrogen and oxygen atoms in total. The number of aromatic nitrogens is 1. The summed E-state index contributed by atoms with van der Waals surface area (Å²) >= 11 is 5.91. The van der Waals surface area contributed by atoms with E-state index in [4.69, 9.17) is 21.1 Å². The summed E-state index contributed by atoms with van der Waals surface area (Å²) in [5.74, 6) is 0.414. The van der Waals surface area contributed by atoms with Crippen LogP contribution in [0, 0.1) is 0 Å². The van der Waals surface area contributed by atoms with E-state index < -0.39 is 0 Å². The van der Waals surface area contributed by atoms with Crippen LogP contribution in [-0.4, -0.2) is 30.2 Å². The van der Waals surface area contributed by atoms with Gasteiger partial charge in [0.05, 0.1) is 13.2 Å². The van der Waals surface area contributed by atoms with E-state index in [1.165, 1.54) is 0 Å². The molecular formula is C18H19ClN2O3. The Balaban J connectivity index is 1.57. The molecule has 1 aromatic heterocycles. The highest BCUT2D eigenvalue weighted by Crippen LogP contribution is 2.17. The normalized spacial score (nSPS) is 15.0. The van der Waals surface area contributed by atoms with Gasteiger partial charge in [-0.25, -0.2) is 4.98 Å². The summed E-state index contributed by atoms with van der Waals surface area (Å²) < 4.78 is 11.2. The Labute approximate surface area is 145 Å². The standard InChI is InChI=1S/C18H19ClN2O3/c19-15-3-1-2-14(11-15)18(22)21-12-13-4-7-20-17(10-13)24-16-5-8-23-9-6-16/h1-4,7,10-11,16H,5-6,8-9,12H2,(H,21,22). The van der Waals surface area contributed by atoms with Crippen LogP contribution in [0.1, 0.15) is 28.8 Å². The van der Waals surface area contributed by atoms with Gasteiger partial charge in [-0.1, -0.05) is 17.7 Å². The number of hydrogen-bond acceptors (Lipinski definition) is 4. The number of nitrogens with one attached hydrogen (secondary N) is 1. The van der Waals surface area contributed by atoms with Gasteiger partial charge in [-0.3, -0.25) is 4.79 Å². The molecule has 24 heavy (non-hydrogen) atoms. The zero-order chi connectivity index (χ0) is 16.8. The van der Waals surface area contributed by atoms with E-state index in [2.05, 4.69) is 10.3 Å². The molecule has 2 aromatic rings. The number of halogens is 1. The zero-order valence-electron chi connectivity index (χ0n) is 13.2. The van der Waals surface area contributed by atoms with E-state index in [1.54, 1.807) is 30.5 Å². The van der Waals surface area contributed by atoms with Crippen LogP contribution in [0.4, 0.5) is 0 Å². The Bertz CT molecular complexity index is 702. The lowest BCUT2D eigenvalue weighted by atomic mass is 10.1. The van der Waals surface area contributed by atoms with Crippen LogP contribution in [0.15, 0.2) is 42.6 Å². The van der Waals surface area contributed by atoms with Gasteiger partial charge in [0.15, 0.2) is 0 Å². The van der Waals surface area contributed by atoms with E-state index in [1.807, 2.05) is 12.1 Å². The van der Waals surface area contributed by atoms with Crippen molar-refractivity contribution in [1.82, 2.24) is 10.3 Å². The lowest BCUT2D eigenvalue weighted by Gasteiger charge is -2.22. The van der Waals surface area contributed by atoms with E-state index in [0.29, 0.717) is 23.0 Å². The van der Waals surface area contributed by atoms with E-state index in [-0.39, 0.29) is 12.0 Å². The predicted molar refractivity (Wildman–Crippen MR) is 91.3 cm³/mol. The highest BCUT2D eigenvalue weighted by Gasteiger charge is 2.16. The van der Waals surface area contributed by atoms with Crippen LogP contribution in [-0.2, 0) is 11.3 Å². The molecule has 126 valence electrons. The second kappa shape index (κ2) is 8.13. The maximum atomic E-state index is 12.1. The number of nitrogens with zero attached hydrogens (tertiary/aromatic N) is 1.